The van der Waals surface area contributed by atoms with Crippen molar-refractivity contribution in [1.29, 1.82) is 0 Å². The Kier molecular flexibility index (Phi) is 8.13. The Bertz CT molecular complexity index is 1560. The lowest BCUT2D eigenvalue weighted by Gasteiger charge is -2.22. The van der Waals surface area contributed by atoms with E-state index < -0.39 is 15.9 Å². The Labute approximate surface area is 222 Å². The van der Waals surface area contributed by atoms with Gasteiger partial charge in [0.15, 0.2) is 5.88 Å². The lowest BCUT2D eigenvalue weighted by molar-refractivity contribution is -0.119. The van der Waals surface area contributed by atoms with Crippen LogP contribution in [0.3, 0.4) is 0 Å². The van der Waals surface area contributed by atoms with Gasteiger partial charge in [0.2, 0.25) is 15.9 Å². The number of anilines is 1. The van der Waals surface area contributed by atoms with Crippen LogP contribution in [0.2, 0.25) is 0 Å². The maximum absolute atomic E-state index is 12.6. The zero-order chi connectivity index (χ0) is 27.3. The number of aromatic hydroxyl groups is 1. The van der Waals surface area contributed by atoms with Crippen molar-refractivity contribution in [3.05, 3.63) is 90.0 Å². The van der Waals surface area contributed by atoms with Gasteiger partial charge in [-0.25, -0.2) is 13.4 Å². The van der Waals surface area contributed by atoms with Gasteiger partial charge in [0.05, 0.1) is 28.9 Å². The molecule has 0 aliphatic heterocycles. The van der Waals surface area contributed by atoms with Crippen molar-refractivity contribution in [1.82, 2.24) is 15.2 Å². The molecule has 38 heavy (non-hydrogen) atoms. The summed E-state index contributed by atoms with van der Waals surface area (Å²) in [6.07, 6.45) is 1.06. The van der Waals surface area contributed by atoms with E-state index in [2.05, 4.69) is 10.3 Å². The van der Waals surface area contributed by atoms with E-state index in [0.717, 1.165) is 27.0 Å². The van der Waals surface area contributed by atoms with E-state index in [9.17, 15) is 18.3 Å². The standard InChI is InChI=1S/C28H31N5O4S/c1-32(2)17-16-29-25(34)19-33(38(3,36)37)22-13-9-12-21(18-22)30-27(20-10-5-4-6-11-20)26-23-14-7-8-15-24(23)31-28(26)35/h4-15,18,31,35H,16-17,19H2,1-3H3,(H,29,34). The molecule has 0 unspecified atom stereocenters. The number of likely N-dealkylation sites (N-methyl/N-ethyl adjacent to an activating group) is 1. The number of fused-ring (bicyclic) bond motifs is 1. The summed E-state index contributed by atoms with van der Waals surface area (Å²) in [7, 11) is 0.0173. The highest BCUT2D eigenvalue weighted by Gasteiger charge is 2.22. The Morgan fingerprint density at radius 3 is 2.42 bits per heavy atom. The van der Waals surface area contributed by atoms with Gasteiger partial charge in [-0.15, -0.1) is 0 Å². The number of nitrogens with one attached hydrogen (secondary N) is 2. The first-order valence-corrected chi connectivity index (χ1v) is 13.9. The summed E-state index contributed by atoms with van der Waals surface area (Å²) in [5.74, 6) is -0.419. The van der Waals surface area contributed by atoms with E-state index in [0.29, 0.717) is 35.7 Å². The van der Waals surface area contributed by atoms with Gasteiger partial charge in [-0.05, 0) is 38.4 Å². The molecule has 0 aliphatic carbocycles. The Morgan fingerprint density at radius 1 is 1.00 bits per heavy atom. The number of nitrogens with zero attached hydrogens (tertiary/aromatic N) is 3. The summed E-state index contributed by atoms with van der Waals surface area (Å²) in [4.78, 5) is 22.3. The van der Waals surface area contributed by atoms with Gasteiger partial charge in [-0.2, -0.15) is 0 Å². The number of rotatable bonds is 10. The van der Waals surface area contributed by atoms with Crippen molar-refractivity contribution in [2.75, 3.05) is 44.3 Å². The molecule has 198 valence electrons. The number of aromatic nitrogens is 1. The first-order chi connectivity index (χ1) is 18.1. The smallest absolute Gasteiger partial charge is 0.240 e. The highest BCUT2D eigenvalue weighted by atomic mass is 32.2. The molecule has 0 fully saturated rings. The molecular formula is C28H31N5O4S. The minimum atomic E-state index is -3.76. The van der Waals surface area contributed by atoms with Gasteiger partial charge in [0, 0.05) is 29.6 Å². The van der Waals surface area contributed by atoms with Crippen molar-refractivity contribution >= 4 is 43.9 Å². The quantitative estimate of drug-likeness (QED) is 0.270. The third-order valence-corrected chi connectivity index (χ3v) is 7.04. The van der Waals surface area contributed by atoms with Crippen LogP contribution in [0, 0.1) is 0 Å². The third kappa shape index (κ3) is 6.39. The monoisotopic (exact) mass is 533 g/mol. The van der Waals surface area contributed by atoms with Crippen LogP contribution < -0.4 is 9.62 Å². The number of aromatic amines is 1. The van der Waals surface area contributed by atoms with E-state index in [1.54, 1.807) is 24.3 Å². The predicted molar refractivity (Wildman–Crippen MR) is 152 cm³/mol. The van der Waals surface area contributed by atoms with Crippen LogP contribution in [0.1, 0.15) is 11.1 Å². The minimum Gasteiger partial charge on any atom is -0.494 e. The Morgan fingerprint density at radius 2 is 1.71 bits per heavy atom. The van der Waals surface area contributed by atoms with Gasteiger partial charge in [-0.1, -0.05) is 54.6 Å². The molecule has 10 heteroatoms. The SMILES string of the molecule is CN(C)CCNC(=O)CN(c1cccc(N=C(c2ccccc2)c2c(O)[nH]c3ccccc23)c1)S(C)(=O)=O. The second-order valence-corrected chi connectivity index (χ2v) is 11.1. The van der Waals surface area contributed by atoms with Crippen LogP contribution in [-0.4, -0.2) is 75.0 Å². The Hall–Kier alpha value is -4.15. The largest absolute Gasteiger partial charge is 0.494 e. The molecule has 0 atom stereocenters. The highest BCUT2D eigenvalue weighted by molar-refractivity contribution is 7.92. The number of carbonyl (C=O) groups excluding carboxylic acids is 1. The summed E-state index contributed by atoms with van der Waals surface area (Å²) in [6, 6.07) is 23.6. The fraction of sp³-hybridized carbons (Fsp3) is 0.214. The second-order valence-electron chi connectivity index (χ2n) is 9.16. The second kappa shape index (κ2) is 11.5. The van der Waals surface area contributed by atoms with Crippen molar-refractivity contribution in [3.8, 4) is 5.88 Å². The summed E-state index contributed by atoms with van der Waals surface area (Å²) >= 11 is 0. The van der Waals surface area contributed by atoms with Crippen LogP contribution >= 0.6 is 0 Å². The average molecular weight is 534 g/mol. The van der Waals surface area contributed by atoms with Crippen molar-refractivity contribution in [3.63, 3.8) is 0 Å². The van der Waals surface area contributed by atoms with Gasteiger partial charge < -0.3 is 20.3 Å². The van der Waals surface area contributed by atoms with Crippen LogP contribution in [0.4, 0.5) is 11.4 Å². The van der Waals surface area contributed by atoms with E-state index in [4.69, 9.17) is 4.99 Å². The summed E-state index contributed by atoms with van der Waals surface area (Å²) in [5.41, 5.74) is 3.38. The fourth-order valence-electron chi connectivity index (χ4n) is 4.08. The molecule has 4 rings (SSSR count). The van der Waals surface area contributed by atoms with Crippen molar-refractivity contribution in [2.24, 2.45) is 4.99 Å². The third-order valence-electron chi connectivity index (χ3n) is 5.90. The highest BCUT2D eigenvalue weighted by Crippen LogP contribution is 2.32. The molecule has 0 saturated carbocycles. The molecule has 3 aromatic carbocycles. The van der Waals surface area contributed by atoms with Gasteiger partial charge >= 0.3 is 0 Å². The van der Waals surface area contributed by atoms with Gasteiger partial charge in [0.1, 0.15) is 6.54 Å². The average Bonchev–Trinajstić information content (AvgIpc) is 3.21. The molecule has 1 amide bonds. The van der Waals surface area contributed by atoms with Crippen molar-refractivity contribution < 1.29 is 18.3 Å². The van der Waals surface area contributed by atoms with Gasteiger partial charge in [0.25, 0.3) is 0 Å². The number of para-hydroxylation sites is 1. The van der Waals surface area contributed by atoms with Crippen LogP contribution in [-0.2, 0) is 14.8 Å². The van der Waals surface area contributed by atoms with Crippen LogP contribution in [0.15, 0.2) is 83.9 Å². The van der Waals surface area contributed by atoms with Crippen LogP contribution in [0.5, 0.6) is 5.88 Å². The number of carbonyl (C=O) groups is 1. The zero-order valence-electron chi connectivity index (χ0n) is 21.5. The maximum Gasteiger partial charge on any atom is 0.240 e. The summed E-state index contributed by atoms with van der Waals surface area (Å²) in [5, 5.41) is 14.4. The number of sulfonamides is 1. The zero-order valence-corrected chi connectivity index (χ0v) is 22.4. The number of benzene rings is 3. The summed E-state index contributed by atoms with van der Waals surface area (Å²) in [6.45, 7) is 0.689. The lowest BCUT2D eigenvalue weighted by Crippen LogP contribution is -2.42. The Balaban J connectivity index is 1.75. The normalized spacial score (nSPS) is 12.2. The number of hydrogen-bond donors (Lipinski definition) is 3. The topological polar surface area (TPSA) is 118 Å². The number of hydrogen-bond acceptors (Lipinski definition) is 6. The fourth-order valence-corrected chi connectivity index (χ4v) is 4.93. The van der Waals surface area contributed by atoms with Gasteiger partial charge in [-0.3, -0.25) is 9.10 Å². The molecule has 0 bridgehead atoms. The molecule has 3 N–H and O–H groups in total. The molecule has 0 saturated heterocycles. The molecule has 4 aromatic rings. The van der Waals surface area contributed by atoms with Crippen LogP contribution in [0.25, 0.3) is 10.9 Å². The van der Waals surface area contributed by atoms with E-state index in [1.165, 1.54) is 0 Å². The minimum absolute atomic E-state index is 0.0166. The first kappa shape index (κ1) is 26.9. The van der Waals surface area contributed by atoms with E-state index >= 15 is 0 Å². The molecule has 0 aliphatic rings. The molecule has 1 heterocycles. The first-order valence-electron chi connectivity index (χ1n) is 12.1. The molecular weight excluding hydrogens is 502 g/mol. The summed E-state index contributed by atoms with van der Waals surface area (Å²) < 4.78 is 26.4. The number of aliphatic imine (C=N–C) groups is 1. The molecule has 0 spiro atoms. The number of H-pyrrole nitrogens is 1. The predicted octanol–water partition coefficient (Wildman–Crippen LogP) is 3.49. The van der Waals surface area contributed by atoms with E-state index in [-0.39, 0.29) is 12.4 Å². The lowest BCUT2D eigenvalue weighted by atomic mass is 10.0. The maximum atomic E-state index is 12.6. The molecule has 0 radical (unpaired) electrons. The van der Waals surface area contributed by atoms with Crippen molar-refractivity contribution in [2.45, 2.75) is 0 Å². The number of amides is 1. The van der Waals surface area contributed by atoms with E-state index in [1.807, 2.05) is 73.6 Å². The molecule has 1 aromatic heterocycles. The molecule has 9 nitrogen and oxygen atoms in total.